The molecule has 0 unspecified atom stereocenters. The average molecular weight is 406 g/mol. The van der Waals surface area contributed by atoms with Crippen molar-refractivity contribution in [1.29, 1.82) is 0 Å². The summed E-state index contributed by atoms with van der Waals surface area (Å²) in [7, 11) is 1.19. The Morgan fingerprint density at radius 3 is 2.28 bits per heavy atom. The number of esters is 1. The van der Waals surface area contributed by atoms with Crippen molar-refractivity contribution in [3.8, 4) is 22.6 Å². The van der Waals surface area contributed by atoms with Crippen molar-refractivity contribution in [2.45, 2.75) is 6.92 Å². The fourth-order valence-corrected chi connectivity index (χ4v) is 2.58. The lowest BCUT2D eigenvalue weighted by molar-refractivity contribution is -0.142. The Kier molecular flexibility index (Phi) is 6.44. The highest BCUT2D eigenvalue weighted by atomic mass is 16.6. The molecule has 1 heterocycles. The molecule has 11 nitrogen and oxygen atoms in total. The van der Waals surface area contributed by atoms with Crippen molar-refractivity contribution in [1.82, 2.24) is 4.98 Å². The number of ether oxygens (including phenoxy) is 3. The summed E-state index contributed by atoms with van der Waals surface area (Å²) in [6.07, 6.45) is 0. The van der Waals surface area contributed by atoms with Gasteiger partial charge >= 0.3 is 17.9 Å². The Morgan fingerprint density at radius 1 is 1.07 bits per heavy atom. The van der Waals surface area contributed by atoms with E-state index >= 15 is 0 Å². The first-order valence-electron chi connectivity index (χ1n) is 8.20. The molecule has 1 aromatic heterocycles. The van der Waals surface area contributed by atoms with Crippen molar-refractivity contribution in [2.75, 3.05) is 26.1 Å². The van der Waals surface area contributed by atoms with Gasteiger partial charge in [0.05, 0.1) is 13.7 Å². The van der Waals surface area contributed by atoms with Gasteiger partial charge in [0.2, 0.25) is 0 Å². The van der Waals surface area contributed by atoms with Crippen LogP contribution in [0.25, 0.3) is 11.1 Å². The zero-order valence-corrected chi connectivity index (χ0v) is 15.5. The van der Waals surface area contributed by atoms with Crippen molar-refractivity contribution in [2.24, 2.45) is 0 Å². The third-order valence-corrected chi connectivity index (χ3v) is 3.78. The molecule has 11 heteroatoms. The van der Waals surface area contributed by atoms with Crippen LogP contribution in [0.3, 0.4) is 0 Å². The van der Waals surface area contributed by atoms with Crippen LogP contribution in [0.5, 0.6) is 11.5 Å². The molecule has 0 spiro atoms. The van der Waals surface area contributed by atoms with Gasteiger partial charge < -0.3 is 35.1 Å². The van der Waals surface area contributed by atoms with Crippen LogP contribution < -0.4 is 20.8 Å². The second-order valence-electron chi connectivity index (χ2n) is 5.56. The Balaban J connectivity index is 2.72. The van der Waals surface area contributed by atoms with E-state index in [9.17, 15) is 29.4 Å². The van der Waals surface area contributed by atoms with Crippen LogP contribution in [0.1, 0.15) is 27.6 Å². The molecule has 0 amide bonds. The summed E-state index contributed by atoms with van der Waals surface area (Å²) in [5.41, 5.74) is 2.86. The monoisotopic (exact) mass is 406 g/mol. The zero-order chi connectivity index (χ0) is 21.7. The summed E-state index contributed by atoms with van der Waals surface area (Å²) < 4.78 is 15.2. The van der Waals surface area contributed by atoms with Gasteiger partial charge in [-0.15, -0.1) is 0 Å². The largest absolute Gasteiger partial charge is 0.490 e. The predicted octanol–water partition coefficient (Wildman–Crippen LogP) is 0.971. The number of nitrogens with one attached hydrogen (secondary N) is 1. The number of rotatable bonds is 8. The van der Waals surface area contributed by atoms with Crippen LogP contribution in [-0.2, 0) is 9.53 Å². The van der Waals surface area contributed by atoms with E-state index in [2.05, 4.69) is 4.74 Å². The highest BCUT2D eigenvalue weighted by Gasteiger charge is 2.27. The van der Waals surface area contributed by atoms with Crippen LogP contribution in [0.2, 0.25) is 0 Å². The Labute approximate surface area is 163 Å². The van der Waals surface area contributed by atoms with E-state index in [0.717, 1.165) is 0 Å². The number of anilines is 1. The number of aromatic amines is 1. The summed E-state index contributed by atoms with van der Waals surface area (Å²) in [4.78, 5) is 48.7. The molecule has 0 aliphatic carbocycles. The molecule has 0 bridgehead atoms. The lowest BCUT2D eigenvalue weighted by atomic mass is 9.95. The molecule has 0 fully saturated rings. The first-order chi connectivity index (χ1) is 13.7. The van der Waals surface area contributed by atoms with Gasteiger partial charge in [-0.3, -0.25) is 4.79 Å². The lowest BCUT2D eigenvalue weighted by Gasteiger charge is -2.15. The molecular weight excluding hydrogens is 388 g/mol. The maximum atomic E-state index is 12.1. The van der Waals surface area contributed by atoms with Crippen molar-refractivity contribution in [3.05, 3.63) is 39.7 Å². The first kappa shape index (κ1) is 21.3. The van der Waals surface area contributed by atoms with Crippen LogP contribution in [-0.4, -0.2) is 53.4 Å². The third kappa shape index (κ3) is 4.46. The van der Waals surface area contributed by atoms with Crippen molar-refractivity contribution >= 4 is 23.7 Å². The maximum absolute atomic E-state index is 12.1. The second kappa shape index (κ2) is 8.78. The molecular formula is C18H18N2O9. The summed E-state index contributed by atoms with van der Waals surface area (Å²) in [6, 6.07) is 3.96. The Bertz CT molecular complexity index is 1030. The summed E-state index contributed by atoms with van der Waals surface area (Å²) in [6.45, 7) is 1.45. The van der Waals surface area contributed by atoms with E-state index in [1.807, 2.05) is 4.98 Å². The van der Waals surface area contributed by atoms with Gasteiger partial charge in [-0.1, -0.05) is 6.07 Å². The van der Waals surface area contributed by atoms with E-state index in [4.69, 9.17) is 15.2 Å². The maximum Gasteiger partial charge on any atom is 0.343 e. The minimum atomic E-state index is -1.63. The highest BCUT2D eigenvalue weighted by molar-refractivity contribution is 6.07. The van der Waals surface area contributed by atoms with Gasteiger partial charge in [0.25, 0.3) is 5.56 Å². The van der Waals surface area contributed by atoms with Crippen LogP contribution >= 0.6 is 0 Å². The standard InChI is InChI=1S/C18H18N2O9/c1-3-28-10-6-8(4-5-9(10)29-7-11(21)27-2)12-13(17(23)24)15(19)20-16(22)14(12)18(25)26/h4-6H,3,7H2,1-2H3,(H,23,24)(H,25,26)(H3,19,20,22). The fraction of sp³-hybridized carbons (Fsp3) is 0.222. The quantitative estimate of drug-likeness (QED) is 0.462. The number of benzene rings is 1. The van der Waals surface area contributed by atoms with Gasteiger partial charge in [-0.25, -0.2) is 14.4 Å². The number of carbonyl (C=O) groups is 3. The van der Waals surface area contributed by atoms with E-state index in [-0.39, 0.29) is 29.2 Å². The summed E-state index contributed by atoms with van der Waals surface area (Å²) in [5, 5.41) is 18.9. The van der Waals surface area contributed by atoms with Gasteiger partial charge in [0.1, 0.15) is 16.9 Å². The van der Waals surface area contributed by atoms with Crippen LogP contribution in [0.15, 0.2) is 23.0 Å². The first-order valence-corrected chi connectivity index (χ1v) is 8.20. The number of hydrogen-bond acceptors (Lipinski definition) is 8. The third-order valence-electron chi connectivity index (χ3n) is 3.78. The topological polar surface area (TPSA) is 178 Å². The zero-order valence-electron chi connectivity index (χ0n) is 15.5. The fourth-order valence-electron chi connectivity index (χ4n) is 2.58. The predicted molar refractivity (Wildman–Crippen MR) is 99.5 cm³/mol. The van der Waals surface area contributed by atoms with E-state index in [1.165, 1.54) is 25.3 Å². The van der Waals surface area contributed by atoms with E-state index < -0.39 is 47.0 Å². The second-order valence-corrected chi connectivity index (χ2v) is 5.56. The van der Waals surface area contributed by atoms with Crippen molar-refractivity contribution < 1.29 is 38.8 Å². The Morgan fingerprint density at radius 2 is 1.72 bits per heavy atom. The lowest BCUT2D eigenvalue weighted by Crippen LogP contribution is -2.24. The number of methoxy groups -OCH3 is 1. The van der Waals surface area contributed by atoms with Crippen LogP contribution in [0.4, 0.5) is 5.82 Å². The molecule has 5 N–H and O–H groups in total. The summed E-state index contributed by atoms with van der Waals surface area (Å²) in [5.74, 6) is -4.06. The molecule has 1 aromatic carbocycles. The number of H-pyrrole nitrogens is 1. The molecule has 29 heavy (non-hydrogen) atoms. The van der Waals surface area contributed by atoms with Gasteiger partial charge in [-0.2, -0.15) is 0 Å². The number of pyridine rings is 1. The molecule has 2 aromatic rings. The molecule has 0 aliphatic rings. The van der Waals surface area contributed by atoms with E-state index in [1.54, 1.807) is 6.92 Å². The number of carboxylic acids is 2. The smallest absolute Gasteiger partial charge is 0.343 e. The average Bonchev–Trinajstić information content (AvgIpc) is 2.65. The number of nitrogens with two attached hydrogens (primary N) is 1. The molecule has 0 atom stereocenters. The van der Waals surface area contributed by atoms with Gasteiger partial charge in [-0.05, 0) is 24.6 Å². The molecule has 154 valence electrons. The minimum absolute atomic E-state index is 0.0477. The highest BCUT2D eigenvalue weighted by Crippen LogP contribution is 2.36. The molecule has 0 saturated heterocycles. The van der Waals surface area contributed by atoms with Crippen molar-refractivity contribution in [3.63, 3.8) is 0 Å². The number of aromatic carboxylic acids is 2. The van der Waals surface area contributed by atoms with Gasteiger partial charge in [0, 0.05) is 5.56 Å². The number of carboxylic acid groups (broad SMARTS) is 2. The molecule has 2 rings (SSSR count). The molecule has 0 radical (unpaired) electrons. The molecule has 0 aliphatic heterocycles. The molecule has 0 saturated carbocycles. The SMILES string of the molecule is CCOc1cc(-c2c(C(=O)O)c(N)[nH]c(=O)c2C(=O)O)ccc1OCC(=O)OC. The minimum Gasteiger partial charge on any atom is -0.490 e. The number of nitrogen functional groups attached to an aromatic ring is 1. The summed E-state index contributed by atoms with van der Waals surface area (Å²) >= 11 is 0. The van der Waals surface area contributed by atoms with Gasteiger partial charge in [0.15, 0.2) is 18.1 Å². The van der Waals surface area contributed by atoms with E-state index in [0.29, 0.717) is 0 Å². The Hall–Kier alpha value is -4.02. The number of hydrogen-bond donors (Lipinski definition) is 4. The van der Waals surface area contributed by atoms with Crippen LogP contribution in [0, 0.1) is 0 Å². The number of aromatic nitrogens is 1. The normalized spacial score (nSPS) is 10.3. The number of carbonyl (C=O) groups excluding carboxylic acids is 1.